The number of hydrogen-bond acceptors (Lipinski definition) is 5. The molecular weight excluding hydrogens is 295 g/mol. The highest BCUT2D eigenvalue weighted by molar-refractivity contribution is 7.89. The number of nitrogens with zero attached hydrogens (tertiary/aromatic N) is 1. The van der Waals surface area contributed by atoms with Crippen molar-refractivity contribution in [3.05, 3.63) is 34.8 Å². The molecule has 0 saturated heterocycles. The summed E-state index contributed by atoms with van der Waals surface area (Å²) in [7, 11) is -3.36. The highest BCUT2D eigenvalue weighted by Crippen LogP contribution is 2.34. The summed E-state index contributed by atoms with van der Waals surface area (Å²) in [6, 6.07) is 4.33. The Hall–Kier alpha value is -1.60. The second-order valence-electron chi connectivity index (χ2n) is 4.04. The van der Waals surface area contributed by atoms with Gasteiger partial charge in [-0.05, 0) is 6.07 Å². The van der Waals surface area contributed by atoms with Crippen LogP contribution in [0.15, 0.2) is 22.7 Å². The molecule has 2 rings (SSSR count). The molecule has 5 nitrogen and oxygen atoms in total. The molecule has 2 aromatic rings. The second kappa shape index (κ2) is 4.82. The van der Waals surface area contributed by atoms with Crippen molar-refractivity contribution in [2.75, 3.05) is 12.0 Å². The van der Waals surface area contributed by atoms with Gasteiger partial charge in [-0.3, -0.25) is 0 Å². The molecule has 2 N–H and O–H groups in total. The lowest BCUT2D eigenvalue weighted by Gasteiger charge is -2.04. The molecule has 0 atom stereocenters. The highest BCUT2D eigenvalue weighted by atomic mass is 35.5. The number of aromatic nitrogens is 1. The van der Waals surface area contributed by atoms with E-state index in [1.54, 1.807) is 0 Å². The number of rotatable bonds is 3. The molecule has 0 aliphatic carbocycles. The lowest BCUT2D eigenvalue weighted by molar-refractivity contribution is 0.396. The fraction of sp³-hybridized carbons (Fsp3) is 0.182. The molecule has 0 aliphatic heterocycles. The van der Waals surface area contributed by atoms with E-state index >= 15 is 0 Å². The molecule has 102 valence electrons. The van der Waals surface area contributed by atoms with Crippen LogP contribution in [-0.2, 0) is 15.6 Å². The molecule has 0 spiro atoms. The van der Waals surface area contributed by atoms with Gasteiger partial charge in [0.2, 0.25) is 0 Å². The van der Waals surface area contributed by atoms with Gasteiger partial charge in [-0.2, -0.15) is 0 Å². The van der Waals surface area contributed by atoms with Crippen LogP contribution in [0.1, 0.15) is 5.76 Å². The van der Waals surface area contributed by atoms with Gasteiger partial charge in [0.05, 0.1) is 10.6 Å². The molecule has 0 radical (unpaired) electrons. The number of nitrogens with two attached hydrogens (primary N) is 1. The van der Waals surface area contributed by atoms with Gasteiger partial charge in [-0.15, -0.1) is 0 Å². The summed E-state index contributed by atoms with van der Waals surface area (Å²) in [5, 5.41) is 3.38. The Morgan fingerprint density at radius 3 is 2.79 bits per heavy atom. The summed E-state index contributed by atoms with van der Waals surface area (Å²) in [6.45, 7) is 0. The third-order valence-electron chi connectivity index (χ3n) is 2.40. The van der Waals surface area contributed by atoms with E-state index in [4.69, 9.17) is 21.9 Å². The van der Waals surface area contributed by atoms with E-state index in [2.05, 4.69) is 5.16 Å². The summed E-state index contributed by atoms with van der Waals surface area (Å²) < 4.78 is 41.4. The molecule has 1 aromatic heterocycles. The molecule has 0 amide bonds. The largest absolute Gasteiger partial charge is 0.380 e. The van der Waals surface area contributed by atoms with E-state index in [-0.39, 0.29) is 27.7 Å². The van der Waals surface area contributed by atoms with E-state index in [1.165, 1.54) is 18.2 Å². The average Bonchev–Trinajstić information content (AvgIpc) is 2.62. The van der Waals surface area contributed by atoms with Gasteiger partial charge < -0.3 is 10.3 Å². The van der Waals surface area contributed by atoms with Crippen LogP contribution >= 0.6 is 11.6 Å². The number of anilines is 1. The van der Waals surface area contributed by atoms with Gasteiger partial charge in [0.15, 0.2) is 21.4 Å². The van der Waals surface area contributed by atoms with Crippen molar-refractivity contribution in [2.24, 2.45) is 0 Å². The van der Waals surface area contributed by atoms with Crippen LogP contribution in [0, 0.1) is 5.82 Å². The molecule has 1 aromatic carbocycles. The Labute approximate surface area is 114 Å². The van der Waals surface area contributed by atoms with Crippen molar-refractivity contribution < 1.29 is 17.3 Å². The molecule has 0 aliphatic rings. The van der Waals surface area contributed by atoms with Gasteiger partial charge in [0.1, 0.15) is 11.6 Å². The van der Waals surface area contributed by atoms with Gasteiger partial charge in [0, 0.05) is 11.8 Å². The van der Waals surface area contributed by atoms with Crippen LogP contribution in [-0.4, -0.2) is 19.8 Å². The maximum atomic E-state index is 14.0. The van der Waals surface area contributed by atoms with Crippen LogP contribution in [0.2, 0.25) is 5.02 Å². The van der Waals surface area contributed by atoms with Crippen LogP contribution in [0.5, 0.6) is 0 Å². The first-order valence-electron chi connectivity index (χ1n) is 5.15. The number of halogens is 2. The Morgan fingerprint density at radius 2 is 2.16 bits per heavy atom. The van der Waals surface area contributed by atoms with Crippen molar-refractivity contribution in [1.82, 2.24) is 5.16 Å². The van der Waals surface area contributed by atoms with Gasteiger partial charge in [-0.25, -0.2) is 12.8 Å². The van der Waals surface area contributed by atoms with Crippen LogP contribution in [0.25, 0.3) is 11.1 Å². The number of sulfone groups is 1. The Kier molecular flexibility index (Phi) is 3.51. The van der Waals surface area contributed by atoms with Crippen LogP contribution in [0.3, 0.4) is 0 Å². The predicted octanol–water partition coefficient (Wildman–Crippen LogP) is 2.26. The normalized spacial score (nSPS) is 11.7. The van der Waals surface area contributed by atoms with Crippen molar-refractivity contribution in [1.29, 1.82) is 0 Å². The number of nitrogen functional groups attached to an aromatic ring is 1. The van der Waals surface area contributed by atoms with Crippen molar-refractivity contribution in [2.45, 2.75) is 5.75 Å². The van der Waals surface area contributed by atoms with E-state index in [0.29, 0.717) is 0 Å². The standard InChI is InChI=1S/C11H10ClFN2O3S/c1-19(16,17)5-8-9(11(14)15-18-8)6-3-2-4-7(12)10(6)13/h2-4H,5H2,1H3,(H2,14,15). The smallest absolute Gasteiger partial charge is 0.175 e. The maximum Gasteiger partial charge on any atom is 0.175 e. The second-order valence-corrected chi connectivity index (χ2v) is 6.58. The summed E-state index contributed by atoms with van der Waals surface area (Å²) >= 11 is 5.68. The fourth-order valence-electron chi connectivity index (χ4n) is 1.66. The van der Waals surface area contributed by atoms with Crippen molar-refractivity contribution in [3.8, 4) is 11.1 Å². The Balaban J connectivity index is 2.62. The lowest BCUT2D eigenvalue weighted by Crippen LogP contribution is -2.02. The lowest BCUT2D eigenvalue weighted by atomic mass is 10.1. The Bertz CT molecular complexity index is 728. The summed E-state index contributed by atoms with van der Waals surface area (Å²) in [5.74, 6) is -1.21. The van der Waals surface area contributed by atoms with Crippen LogP contribution < -0.4 is 5.73 Å². The summed E-state index contributed by atoms with van der Waals surface area (Å²) in [5.41, 5.74) is 5.78. The number of benzene rings is 1. The quantitative estimate of drug-likeness (QED) is 0.940. The molecule has 8 heteroatoms. The molecular formula is C11H10ClFN2O3S. The minimum Gasteiger partial charge on any atom is -0.380 e. The monoisotopic (exact) mass is 304 g/mol. The molecule has 1 heterocycles. The van der Waals surface area contributed by atoms with Crippen LogP contribution in [0.4, 0.5) is 10.2 Å². The predicted molar refractivity (Wildman–Crippen MR) is 69.9 cm³/mol. The van der Waals surface area contributed by atoms with E-state index < -0.39 is 21.4 Å². The zero-order valence-corrected chi connectivity index (χ0v) is 11.4. The first-order chi connectivity index (χ1) is 8.79. The minimum absolute atomic E-state index is 0.0128. The van der Waals surface area contributed by atoms with E-state index in [0.717, 1.165) is 6.26 Å². The number of hydrogen-bond donors (Lipinski definition) is 1. The first-order valence-corrected chi connectivity index (χ1v) is 7.59. The van der Waals surface area contributed by atoms with Crippen molar-refractivity contribution in [3.63, 3.8) is 0 Å². The third kappa shape index (κ3) is 2.87. The highest BCUT2D eigenvalue weighted by Gasteiger charge is 2.22. The van der Waals surface area contributed by atoms with Crippen molar-refractivity contribution >= 4 is 27.3 Å². The SMILES string of the molecule is CS(=O)(=O)Cc1onc(N)c1-c1cccc(Cl)c1F. The van der Waals surface area contributed by atoms with Gasteiger partial charge >= 0.3 is 0 Å². The topological polar surface area (TPSA) is 86.2 Å². The molecule has 0 saturated carbocycles. The first kappa shape index (κ1) is 13.8. The zero-order chi connectivity index (χ0) is 14.2. The summed E-state index contributed by atoms with van der Waals surface area (Å²) in [4.78, 5) is 0. The Morgan fingerprint density at radius 1 is 1.47 bits per heavy atom. The minimum atomic E-state index is -3.36. The third-order valence-corrected chi connectivity index (χ3v) is 3.48. The molecule has 0 fully saturated rings. The maximum absolute atomic E-state index is 14.0. The van der Waals surface area contributed by atoms with Gasteiger partial charge in [0.25, 0.3) is 0 Å². The van der Waals surface area contributed by atoms with Gasteiger partial charge in [-0.1, -0.05) is 28.9 Å². The molecule has 0 bridgehead atoms. The molecule has 0 unspecified atom stereocenters. The zero-order valence-electron chi connectivity index (χ0n) is 9.85. The van der Waals surface area contributed by atoms with E-state index in [1.807, 2.05) is 0 Å². The summed E-state index contributed by atoms with van der Waals surface area (Å²) in [6.07, 6.45) is 1.03. The average molecular weight is 305 g/mol. The molecule has 19 heavy (non-hydrogen) atoms. The fourth-order valence-corrected chi connectivity index (χ4v) is 2.51. The van der Waals surface area contributed by atoms with E-state index in [9.17, 15) is 12.8 Å².